The van der Waals surface area contributed by atoms with Crippen molar-refractivity contribution in [1.82, 2.24) is 4.90 Å². The zero-order chi connectivity index (χ0) is 11.3. The van der Waals surface area contributed by atoms with Crippen LogP contribution in [0.4, 0.5) is 0 Å². The highest BCUT2D eigenvalue weighted by molar-refractivity contribution is 5.93. The van der Waals surface area contributed by atoms with Gasteiger partial charge in [-0.25, -0.2) is 4.79 Å². The van der Waals surface area contributed by atoms with Gasteiger partial charge < -0.3 is 14.7 Å². The Labute approximate surface area is 88.3 Å². The van der Waals surface area contributed by atoms with Gasteiger partial charge >= 0.3 is 5.97 Å². The lowest BCUT2D eigenvalue weighted by atomic mass is 10.1. The minimum absolute atomic E-state index is 0.157. The number of aliphatic carboxylic acids is 1. The fraction of sp³-hybridized carbons (Fsp3) is 0.600. The number of likely N-dealkylation sites (N-methyl/N-ethyl adjacent to an activating group) is 1. The summed E-state index contributed by atoms with van der Waals surface area (Å²) in [7, 11) is 1.69. The number of carbonyl (C=O) groups excluding carboxylic acids is 1. The molecule has 0 saturated carbocycles. The number of hydrogen-bond donors (Lipinski definition) is 1. The van der Waals surface area contributed by atoms with E-state index in [2.05, 4.69) is 0 Å². The SMILES string of the molecule is CN(C(=O)/C=C/C(=O)O)C1CCOCC1. The zero-order valence-corrected chi connectivity index (χ0v) is 8.68. The summed E-state index contributed by atoms with van der Waals surface area (Å²) in [5, 5.41) is 8.38. The van der Waals surface area contributed by atoms with Crippen molar-refractivity contribution in [2.45, 2.75) is 18.9 Å². The number of hydrogen-bond acceptors (Lipinski definition) is 3. The molecule has 1 aliphatic rings. The second-order valence-electron chi connectivity index (χ2n) is 3.46. The molecule has 0 unspecified atom stereocenters. The molecule has 0 spiro atoms. The lowest BCUT2D eigenvalue weighted by Gasteiger charge is -2.30. The van der Waals surface area contributed by atoms with E-state index >= 15 is 0 Å². The Hall–Kier alpha value is -1.36. The molecule has 15 heavy (non-hydrogen) atoms. The van der Waals surface area contributed by atoms with Crippen molar-refractivity contribution in [1.29, 1.82) is 0 Å². The average Bonchev–Trinajstić information content (AvgIpc) is 2.26. The molecule has 1 fully saturated rings. The number of rotatable bonds is 3. The maximum absolute atomic E-state index is 11.5. The lowest BCUT2D eigenvalue weighted by molar-refractivity contribution is -0.132. The van der Waals surface area contributed by atoms with Crippen LogP contribution in [-0.4, -0.2) is 48.2 Å². The van der Waals surface area contributed by atoms with Crippen LogP contribution in [0.15, 0.2) is 12.2 Å². The number of carboxylic acids is 1. The van der Waals surface area contributed by atoms with Gasteiger partial charge in [0.2, 0.25) is 5.91 Å². The van der Waals surface area contributed by atoms with Crippen molar-refractivity contribution in [2.75, 3.05) is 20.3 Å². The molecule has 1 heterocycles. The Morgan fingerprint density at radius 3 is 2.47 bits per heavy atom. The zero-order valence-electron chi connectivity index (χ0n) is 8.68. The molecule has 0 aromatic carbocycles. The van der Waals surface area contributed by atoms with Crippen LogP contribution in [0.3, 0.4) is 0 Å². The first-order valence-electron chi connectivity index (χ1n) is 4.87. The molecule has 1 aliphatic heterocycles. The standard InChI is InChI=1S/C10H15NO4/c1-11(8-4-6-15-7-5-8)9(12)2-3-10(13)14/h2-3,8H,4-7H2,1H3,(H,13,14)/b3-2+. The van der Waals surface area contributed by atoms with Crippen molar-refractivity contribution < 1.29 is 19.4 Å². The normalized spacial score (nSPS) is 17.9. The number of nitrogens with zero attached hydrogens (tertiary/aromatic N) is 1. The molecule has 1 N–H and O–H groups in total. The first-order valence-corrected chi connectivity index (χ1v) is 4.87. The van der Waals surface area contributed by atoms with E-state index in [1.165, 1.54) is 0 Å². The molecule has 84 valence electrons. The molecule has 0 aromatic rings. The van der Waals surface area contributed by atoms with Gasteiger partial charge in [0, 0.05) is 38.5 Å². The topological polar surface area (TPSA) is 66.8 Å². The van der Waals surface area contributed by atoms with E-state index in [4.69, 9.17) is 9.84 Å². The minimum Gasteiger partial charge on any atom is -0.478 e. The third-order valence-electron chi connectivity index (χ3n) is 2.45. The molecule has 1 rings (SSSR count). The van der Waals surface area contributed by atoms with Crippen LogP contribution in [0.1, 0.15) is 12.8 Å². The summed E-state index contributed by atoms with van der Waals surface area (Å²) in [6.45, 7) is 1.32. The van der Waals surface area contributed by atoms with Crippen LogP contribution in [0.5, 0.6) is 0 Å². The van der Waals surface area contributed by atoms with Crippen LogP contribution in [-0.2, 0) is 14.3 Å². The number of ether oxygens (including phenoxy) is 1. The molecule has 0 aliphatic carbocycles. The number of carboxylic acid groups (broad SMARTS) is 1. The molecule has 1 amide bonds. The first-order chi connectivity index (χ1) is 7.11. The molecule has 0 radical (unpaired) electrons. The van der Waals surface area contributed by atoms with Crippen LogP contribution in [0.25, 0.3) is 0 Å². The second kappa shape index (κ2) is 5.50. The van der Waals surface area contributed by atoms with E-state index in [-0.39, 0.29) is 11.9 Å². The Kier molecular flexibility index (Phi) is 4.30. The summed E-state index contributed by atoms with van der Waals surface area (Å²) in [5.41, 5.74) is 0. The number of amides is 1. The Bertz CT molecular complexity index is 269. The van der Waals surface area contributed by atoms with Gasteiger partial charge in [-0.3, -0.25) is 4.79 Å². The van der Waals surface area contributed by atoms with Gasteiger partial charge in [0.1, 0.15) is 0 Å². The largest absolute Gasteiger partial charge is 0.478 e. The van der Waals surface area contributed by atoms with Crippen LogP contribution in [0.2, 0.25) is 0 Å². The predicted octanol–water partition coefficient (Wildman–Crippen LogP) is 0.265. The monoisotopic (exact) mass is 213 g/mol. The molecule has 1 saturated heterocycles. The van der Waals surface area contributed by atoms with Gasteiger partial charge in [-0.1, -0.05) is 0 Å². The molecule has 0 aromatic heterocycles. The van der Waals surface area contributed by atoms with Crippen molar-refractivity contribution in [3.8, 4) is 0 Å². The van der Waals surface area contributed by atoms with Crippen molar-refractivity contribution in [3.63, 3.8) is 0 Å². The molecule has 5 nitrogen and oxygen atoms in total. The highest BCUT2D eigenvalue weighted by Crippen LogP contribution is 2.12. The van der Waals surface area contributed by atoms with Gasteiger partial charge in [-0.05, 0) is 12.8 Å². The van der Waals surface area contributed by atoms with Gasteiger partial charge in [0.05, 0.1) is 0 Å². The lowest BCUT2D eigenvalue weighted by Crippen LogP contribution is -2.39. The Balaban J connectivity index is 2.47. The Morgan fingerprint density at radius 1 is 1.33 bits per heavy atom. The van der Waals surface area contributed by atoms with Crippen molar-refractivity contribution in [2.24, 2.45) is 0 Å². The third kappa shape index (κ3) is 3.71. The fourth-order valence-electron chi connectivity index (χ4n) is 1.51. The molecule has 0 bridgehead atoms. The van der Waals surface area contributed by atoms with E-state index in [1.54, 1.807) is 11.9 Å². The van der Waals surface area contributed by atoms with E-state index in [1.807, 2.05) is 0 Å². The highest BCUT2D eigenvalue weighted by atomic mass is 16.5. The fourth-order valence-corrected chi connectivity index (χ4v) is 1.51. The Morgan fingerprint density at radius 2 is 1.93 bits per heavy atom. The average molecular weight is 213 g/mol. The van der Waals surface area contributed by atoms with Crippen LogP contribution < -0.4 is 0 Å². The molecular formula is C10H15NO4. The van der Waals surface area contributed by atoms with Gasteiger partial charge in [0.15, 0.2) is 0 Å². The summed E-state index contributed by atoms with van der Waals surface area (Å²) < 4.78 is 5.18. The minimum atomic E-state index is -1.11. The van der Waals surface area contributed by atoms with E-state index in [0.29, 0.717) is 13.2 Å². The third-order valence-corrected chi connectivity index (χ3v) is 2.45. The predicted molar refractivity (Wildman–Crippen MR) is 53.4 cm³/mol. The van der Waals surface area contributed by atoms with Crippen molar-refractivity contribution >= 4 is 11.9 Å². The summed E-state index contributed by atoms with van der Waals surface area (Å²) >= 11 is 0. The van der Waals surface area contributed by atoms with Crippen LogP contribution >= 0.6 is 0 Å². The molecular weight excluding hydrogens is 198 g/mol. The van der Waals surface area contributed by atoms with Gasteiger partial charge in [0.25, 0.3) is 0 Å². The molecule has 5 heteroatoms. The summed E-state index contributed by atoms with van der Waals surface area (Å²) in [6.07, 6.45) is 3.56. The highest BCUT2D eigenvalue weighted by Gasteiger charge is 2.20. The van der Waals surface area contributed by atoms with Crippen molar-refractivity contribution in [3.05, 3.63) is 12.2 Å². The van der Waals surface area contributed by atoms with E-state index in [9.17, 15) is 9.59 Å². The maximum Gasteiger partial charge on any atom is 0.328 e. The van der Waals surface area contributed by atoms with Gasteiger partial charge in [-0.2, -0.15) is 0 Å². The second-order valence-corrected chi connectivity index (χ2v) is 3.46. The van der Waals surface area contributed by atoms with E-state index < -0.39 is 5.97 Å². The first kappa shape index (κ1) is 11.7. The van der Waals surface area contributed by atoms with Gasteiger partial charge in [-0.15, -0.1) is 0 Å². The summed E-state index contributed by atoms with van der Waals surface area (Å²) in [6, 6.07) is 0.157. The number of carbonyl (C=O) groups is 2. The van der Waals surface area contributed by atoms with E-state index in [0.717, 1.165) is 25.0 Å². The molecule has 0 atom stereocenters. The summed E-state index contributed by atoms with van der Waals surface area (Å²) in [4.78, 5) is 23.3. The quantitative estimate of drug-likeness (QED) is 0.683. The summed E-state index contributed by atoms with van der Waals surface area (Å²) in [5.74, 6) is -1.38. The maximum atomic E-state index is 11.5. The van der Waals surface area contributed by atoms with Crippen LogP contribution in [0, 0.1) is 0 Å². The smallest absolute Gasteiger partial charge is 0.328 e.